The first kappa shape index (κ1) is 29.5. The third kappa shape index (κ3) is 7.36. The van der Waals surface area contributed by atoms with E-state index < -0.39 is 48.8 Å². The Morgan fingerprint density at radius 3 is 2.52 bits per heavy atom. The second-order valence-corrected chi connectivity index (χ2v) is 10.4. The average Bonchev–Trinajstić information content (AvgIpc) is 3.51. The van der Waals surface area contributed by atoms with Gasteiger partial charge in [-0.1, -0.05) is 19.4 Å². The van der Waals surface area contributed by atoms with Crippen molar-refractivity contribution in [2.45, 2.75) is 82.5 Å². The van der Waals surface area contributed by atoms with Crippen LogP contribution in [0.3, 0.4) is 0 Å². The molecule has 1 aromatic carbocycles. The summed E-state index contributed by atoms with van der Waals surface area (Å²) in [5.41, 5.74) is 2.17. The number of aromatic nitrogens is 4. The predicted molar refractivity (Wildman–Crippen MR) is 137 cm³/mol. The van der Waals surface area contributed by atoms with E-state index in [0.717, 1.165) is 0 Å². The Kier molecular flexibility index (Phi) is 8.79. The standard InChI is InChI=1S/C27H33F5N6O2/c1-3-4-18(34-22(39)9-13-27(30,31)32)17-5-6-19-20(15-17)36-24(35-19)23(16-7-11-26(28,29)12-8-16)37-25(40)21-10-14-33-38(21)2/h5-6,10,14-16,18,23H,3-4,7-9,11-13H2,1-2H3,(H,34,39)(H,35,36)(H,37,40)/t18-,23-/m0/s1. The molecule has 1 fully saturated rings. The molecule has 1 aliphatic rings. The zero-order chi connectivity index (χ0) is 29.1. The molecule has 2 amide bonds. The number of fused-ring (bicyclic) bond motifs is 1. The Bertz CT molecular complexity index is 1320. The summed E-state index contributed by atoms with van der Waals surface area (Å²) in [6.07, 6.45) is -3.74. The topological polar surface area (TPSA) is 105 Å². The monoisotopic (exact) mass is 568 g/mol. The van der Waals surface area contributed by atoms with Crippen molar-refractivity contribution in [2.24, 2.45) is 13.0 Å². The van der Waals surface area contributed by atoms with Crippen LogP contribution in [-0.2, 0) is 11.8 Å². The van der Waals surface area contributed by atoms with Gasteiger partial charge in [-0.25, -0.2) is 13.8 Å². The number of carbonyl (C=O) groups excluding carboxylic acids is 2. The van der Waals surface area contributed by atoms with Crippen LogP contribution in [0.2, 0.25) is 0 Å². The summed E-state index contributed by atoms with van der Waals surface area (Å²) < 4.78 is 66.9. The molecule has 0 radical (unpaired) electrons. The highest BCUT2D eigenvalue weighted by atomic mass is 19.4. The predicted octanol–water partition coefficient (Wildman–Crippen LogP) is 5.89. The first-order valence-electron chi connectivity index (χ1n) is 13.4. The number of nitrogens with one attached hydrogen (secondary N) is 3. The van der Waals surface area contributed by atoms with Gasteiger partial charge in [0.05, 0.1) is 29.5 Å². The molecule has 218 valence electrons. The van der Waals surface area contributed by atoms with Crippen molar-refractivity contribution in [3.05, 3.63) is 47.5 Å². The molecule has 8 nitrogen and oxygen atoms in total. The number of hydrogen-bond donors (Lipinski definition) is 3. The maximum absolute atomic E-state index is 13.9. The number of amides is 2. The van der Waals surface area contributed by atoms with Crippen LogP contribution in [0.1, 0.15) is 92.3 Å². The minimum Gasteiger partial charge on any atom is -0.349 e. The fraction of sp³-hybridized carbons (Fsp3) is 0.556. The first-order chi connectivity index (χ1) is 18.8. The summed E-state index contributed by atoms with van der Waals surface area (Å²) in [4.78, 5) is 33.1. The molecule has 0 aliphatic heterocycles. The SMILES string of the molecule is CCC[C@H](NC(=O)CCC(F)(F)F)c1ccc2nc([C@@H](NC(=O)c3ccnn3C)C3CCC(F)(F)CC3)[nH]c2c1. The van der Waals surface area contributed by atoms with Gasteiger partial charge < -0.3 is 15.6 Å². The zero-order valence-electron chi connectivity index (χ0n) is 22.3. The van der Waals surface area contributed by atoms with Crippen LogP contribution >= 0.6 is 0 Å². The van der Waals surface area contributed by atoms with Gasteiger partial charge in [0.15, 0.2) is 0 Å². The number of rotatable bonds is 10. The molecule has 0 saturated heterocycles. The molecule has 3 aromatic rings. The number of alkyl halides is 5. The number of hydrogen-bond acceptors (Lipinski definition) is 4. The summed E-state index contributed by atoms with van der Waals surface area (Å²) in [6.45, 7) is 1.91. The molecule has 1 aliphatic carbocycles. The summed E-state index contributed by atoms with van der Waals surface area (Å²) in [6, 6.07) is 5.64. The lowest BCUT2D eigenvalue weighted by Gasteiger charge is -2.33. The van der Waals surface area contributed by atoms with Crippen LogP contribution in [0.25, 0.3) is 11.0 Å². The van der Waals surface area contributed by atoms with E-state index in [1.165, 1.54) is 10.9 Å². The van der Waals surface area contributed by atoms with Crippen LogP contribution < -0.4 is 10.6 Å². The number of H-pyrrole nitrogens is 1. The molecule has 0 bridgehead atoms. The lowest BCUT2D eigenvalue weighted by Crippen LogP contribution is -2.38. The van der Waals surface area contributed by atoms with E-state index >= 15 is 0 Å². The zero-order valence-corrected chi connectivity index (χ0v) is 22.3. The second kappa shape index (κ2) is 11.9. The van der Waals surface area contributed by atoms with E-state index in [9.17, 15) is 31.5 Å². The van der Waals surface area contributed by atoms with Crippen molar-refractivity contribution in [1.82, 2.24) is 30.4 Å². The van der Waals surface area contributed by atoms with Crippen LogP contribution in [0.4, 0.5) is 22.0 Å². The Labute approximate surface area is 228 Å². The van der Waals surface area contributed by atoms with Crippen molar-refractivity contribution in [2.75, 3.05) is 0 Å². The highest BCUT2D eigenvalue weighted by Crippen LogP contribution is 2.41. The number of aromatic amines is 1. The first-order valence-corrected chi connectivity index (χ1v) is 13.4. The number of nitrogens with zero attached hydrogens (tertiary/aromatic N) is 3. The van der Waals surface area contributed by atoms with Crippen molar-refractivity contribution >= 4 is 22.8 Å². The maximum atomic E-state index is 13.9. The van der Waals surface area contributed by atoms with E-state index in [0.29, 0.717) is 41.0 Å². The Hall–Kier alpha value is -3.51. The number of imidazole rings is 1. The number of benzene rings is 1. The molecule has 0 spiro atoms. The quantitative estimate of drug-likeness (QED) is 0.265. The van der Waals surface area contributed by atoms with E-state index in [2.05, 4.69) is 25.7 Å². The lowest BCUT2D eigenvalue weighted by molar-refractivity contribution is -0.144. The average molecular weight is 569 g/mol. The van der Waals surface area contributed by atoms with Crippen LogP contribution in [0, 0.1) is 5.92 Å². The van der Waals surface area contributed by atoms with Gasteiger partial charge in [0, 0.05) is 32.5 Å². The van der Waals surface area contributed by atoms with Gasteiger partial charge in [0.1, 0.15) is 11.5 Å². The molecule has 2 atom stereocenters. The molecule has 1 saturated carbocycles. The van der Waals surface area contributed by atoms with Gasteiger partial charge in [0.2, 0.25) is 11.8 Å². The molecular weight excluding hydrogens is 535 g/mol. The normalized spacial score (nSPS) is 17.5. The Balaban J connectivity index is 1.59. The third-order valence-corrected chi connectivity index (χ3v) is 7.34. The van der Waals surface area contributed by atoms with Crippen LogP contribution in [0.5, 0.6) is 0 Å². The largest absolute Gasteiger partial charge is 0.389 e. The number of aryl methyl sites for hydroxylation is 1. The molecule has 3 N–H and O–H groups in total. The molecular formula is C27H33F5N6O2. The molecule has 4 rings (SSSR count). The highest BCUT2D eigenvalue weighted by Gasteiger charge is 2.39. The summed E-state index contributed by atoms with van der Waals surface area (Å²) >= 11 is 0. The van der Waals surface area contributed by atoms with E-state index in [-0.39, 0.29) is 31.6 Å². The third-order valence-electron chi connectivity index (χ3n) is 7.34. The van der Waals surface area contributed by atoms with Gasteiger partial charge in [-0.3, -0.25) is 14.3 Å². The Morgan fingerprint density at radius 1 is 1.18 bits per heavy atom. The Morgan fingerprint density at radius 2 is 1.90 bits per heavy atom. The second-order valence-electron chi connectivity index (χ2n) is 10.4. The van der Waals surface area contributed by atoms with Crippen molar-refractivity contribution in [3.63, 3.8) is 0 Å². The molecule has 40 heavy (non-hydrogen) atoms. The number of halogens is 5. The van der Waals surface area contributed by atoms with Gasteiger partial charge in [-0.15, -0.1) is 0 Å². The molecule has 13 heteroatoms. The summed E-state index contributed by atoms with van der Waals surface area (Å²) in [5.74, 6) is -3.70. The van der Waals surface area contributed by atoms with E-state index in [4.69, 9.17) is 0 Å². The highest BCUT2D eigenvalue weighted by molar-refractivity contribution is 5.92. The van der Waals surface area contributed by atoms with Crippen molar-refractivity contribution < 1.29 is 31.5 Å². The number of carbonyl (C=O) groups is 2. The summed E-state index contributed by atoms with van der Waals surface area (Å²) in [7, 11) is 1.63. The smallest absolute Gasteiger partial charge is 0.349 e. The molecule has 2 heterocycles. The van der Waals surface area contributed by atoms with Gasteiger partial charge >= 0.3 is 6.18 Å². The summed E-state index contributed by atoms with van der Waals surface area (Å²) in [5, 5.41) is 9.67. The molecule has 2 aromatic heterocycles. The van der Waals surface area contributed by atoms with Crippen LogP contribution in [-0.4, -0.2) is 43.7 Å². The maximum Gasteiger partial charge on any atom is 0.389 e. The van der Waals surface area contributed by atoms with Crippen molar-refractivity contribution in [1.29, 1.82) is 0 Å². The van der Waals surface area contributed by atoms with Crippen LogP contribution in [0.15, 0.2) is 30.5 Å². The fourth-order valence-electron chi connectivity index (χ4n) is 5.16. The van der Waals surface area contributed by atoms with Gasteiger partial charge in [-0.05, 0) is 48.9 Å². The van der Waals surface area contributed by atoms with Gasteiger partial charge in [-0.2, -0.15) is 18.3 Å². The lowest BCUT2D eigenvalue weighted by atomic mass is 9.81. The molecule has 0 unspecified atom stereocenters. The van der Waals surface area contributed by atoms with E-state index in [1.54, 1.807) is 31.3 Å². The minimum absolute atomic E-state index is 0.203. The minimum atomic E-state index is -4.42. The van der Waals surface area contributed by atoms with Crippen molar-refractivity contribution in [3.8, 4) is 0 Å². The fourth-order valence-corrected chi connectivity index (χ4v) is 5.16. The van der Waals surface area contributed by atoms with E-state index in [1.807, 2.05) is 6.92 Å². The van der Waals surface area contributed by atoms with Gasteiger partial charge in [0.25, 0.3) is 5.91 Å².